The van der Waals surface area contributed by atoms with E-state index in [9.17, 15) is 4.79 Å². The van der Waals surface area contributed by atoms with E-state index in [1.165, 1.54) is 0 Å². The molecular formula is C21H23N3O3S. The lowest BCUT2D eigenvalue weighted by Gasteiger charge is -2.14. The number of carbonyl (C=O) groups is 1. The number of amides is 2. The molecule has 0 bridgehead atoms. The van der Waals surface area contributed by atoms with Crippen molar-refractivity contribution in [2.75, 3.05) is 17.5 Å². The highest BCUT2D eigenvalue weighted by molar-refractivity contribution is 7.82. The largest absolute Gasteiger partial charge is 0.494 e. The zero-order valence-corrected chi connectivity index (χ0v) is 16.3. The maximum Gasteiger partial charge on any atom is 0.329 e. The Bertz CT molecular complexity index is 930. The lowest BCUT2D eigenvalue weighted by atomic mass is 10.2. The Balaban J connectivity index is 1.37. The molecule has 0 aliphatic rings. The number of carbonyl (C=O) groups excluding carboxylic acids is 1. The van der Waals surface area contributed by atoms with E-state index in [2.05, 4.69) is 17.8 Å². The molecule has 28 heavy (non-hydrogen) atoms. The van der Waals surface area contributed by atoms with Gasteiger partial charge in [-0.05, 0) is 55.7 Å². The molecule has 0 saturated heterocycles. The molecule has 0 unspecified atom stereocenters. The Morgan fingerprint density at radius 2 is 1.79 bits per heavy atom. The van der Waals surface area contributed by atoms with Crippen molar-refractivity contribution in [3.63, 3.8) is 0 Å². The summed E-state index contributed by atoms with van der Waals surface area (Å²) in [5.74, 6) is 1.54. The molecule has 0 aliphatic carbocycles. The molecule has 6 nitrogen and oxygen atoms in total. The fraction of sp³-hybridized carbons (Fsp3) is 0.238. The number of hydrogen-bond donors (Lipinski definition) is 2. The van der Waals surface area contributed by atoms with Gasteiger partial charge < -0.3 is 15.2 Å². The molecule has 3 aromatic rings. The molecule has 0 atom stereocenters. The third-order valence-corrected chi connectivity index (χ3v) is 4.62. The molecular weight excluding hydrogens is 374 g/mol. The van der Waals surface area contributed by atoms with Gasteiger partial charge in [0.15, 0.2) is 0 Å². The van der Waals surface area contributed by atoms with Gasteiger partial charge in [0.1, 0.15) is 11.5 Å². The number of ether oxygens (including phenoxy) is 2. The maximum absolute atomic E-state index is 11.2. The summed E-state index contributed by atoms with van der Waals surface area (Å²) in [6.07, 6.45) is 4.61. The maximum atomic E-state index is 11.2. The Kier molecular flexibility index (Phi) is 6.97. The first kappa shape index (κ1) is 19.8. The number of urea groups is 1. The van der Waals surface area contributed by atoms with Gasteiger partial charge in [0.05, 0.1) is 24.4 Å². The first-order chi connectivity index (χ1) is 13.6. The normalized spacial score (nSPS) is 10.6. The summed E-state index contributed by atoms with van der Waals surface area (Å²) in [5.41, 5.74) is 6.73. The van der Waals surface area contributed by atoms with Gasteiger partial charge >= 0.3 is 6.03 Å². The molecule has 2 aromatic carbocycles. The number of hydrogen-bond acceptors (Lipinski definition) is 5. The fourth-order valence-electron chi connectivity index (χ4n) is 2.79. The van der Waals surface area contributed by atoms with Crippen molar-refractivity contribution in [2.45, 2.75) is 19.3 Å². The molecule has 2 amide bonds. The number of pyridine rings is 1. The van der Waals surface area contributed by atoms with Gasteiger partial charge in [-0.1, -0.05) is 24.9 Å². The number of fused-ring (bicyclic) bond motifs is 1. The number of unbranched alkanes of at least 4 members (excludes halogenated alkanes) is 2. The smallest absolute Gasteiger partial charge is 0.329 e. The number of thiol groups is 1. The number of nitrogens with two attached hydrogens (primary N) is 1. The third-order valence-electron chi connectivity index (χ3n) is 4.19. The van der Waals surface area contributed by atoms with Crippen molar-refractivity contribution in [2.24, 2.45) is 5.73 Å². The summed E-state index contributed by atoms with van der Waals surface area (Å²) in [5, 5.41) is 1.03. The number of benzene rings is 2. The molecule has 0 radical (unpaired) electrons. The van der Waals surface area contributed by atoms with Crippen LogP contribution in [0.4, 0.5) is 10.5 Å². The van der Waals surface area contributed by atoms with Gasteiger partial charge in [-0.25, -0.2) is 9.10 Å². The lowest BCUT2D eigenvalue weighted by Crippen LogP contribution is -2.27. The van der Waals surface area contributed by atoms with Crippen LogP contribution >= 0.6 is 12.8 Å². The quantitative estimate of drug-likeness (QED) is 0.409. The second-order valence-corrected chi connectivity index (χ2v) is 6.63. The molecule has 1 heterocycles. The highest BCUT2D eigenvalue weighted by Crippen LogP contribution is 2.24. The molecule has 7 heteroatoms. The van der Waals surface area contributed by atoms with Crippen LogP contribution in [0.3, 0.4) is 0 Å². The van der Waals surface area contributed by atoms with E-state index >= 15 is 0 Å². The second kappa shape index (κ2) is 9.85. The van der Waals surface area contributed by atoms with Crippen molar-refractivity contribution in [3.05, 3.63) is 60.8 Å². The standard InChI is InChI=1S/C21H23N3O3S/c22-21(25)24(28)16-7-4-8-17(15-16)26-13-2-1-3-14-27-20-11-5-10-19-18(20)9-6-12-23-19/h4-12,15,28H,1-3,13-14H2,(H2,22,25). The summed E-state index contributed by atoms with van der Waals surface area (Å²) >= 11 is 4.05. The minimum atomic E-state index is -0.637. The van der Waals surface area contributed by atoms with E-state index in [1.54, 1.807) is 24.4 Å². The van der Waals surface area contributed by atoms with Crippen LogP contribution in [0.2, 0.25) is 0 Å². The van der Waals surface area contributed by atoms with Crippen LogP contribution in [-0.2, 0) is 0 Å². The number of primary amides is 1. The van der Waals surface area contributed by atoms with Crippen LogP contribution in [0, 0.1) is 0 Å². The molecule has 0 spiro atoms. The molecule has 0 fully saturated rings. The number of anilines is 1. The minimum absolute atomic E-state index is 0.575. The zero-order chi connectivity index (χ0) is 19.8. The highest BCUT2D eigenvalue weighted by atomic mass is 32.1. The molecule has 146 valence electrons. The second-order valence-electron chi connectivity index (χ2n) is 6.23. The van der Waals surface area contributed by atoms with E-state index in [1.807, 2.05) is 36.4 Å². The van der Waals surface area contributed by atoms with Gasteiger partial charge in [-0.3, -0.25) is 4.98 Å². The van der Waals surface area contributed by atoms with Crippen molar-refractivity contribution in [3.8, 4) is 11.5 Å². The molecule has 1 aromatic heterocycles. The first-order valence-corrected chi connectivity index (χ1v) is 9.53. The van der Waals surface area contributed by atoms with Gasteiger partial charge in [-0.2, -0.15) is 0 Å². The van der Waals surface area contributed by atoms with Gasteiger partial charge in [0, 0.05) is 17.6 Å². The Morgan fingerprint density at radius 1 is 1.00 bits per heavy atom. The lowest BCUT2D eigenvalue weighted by molar-refractivity contribution is 0.257. The molecule has 2 N–H and O–H groups in total. The Morgan fingerprint density at radius 3 is 2.61 bits per heavy atom. The predicted molar refractivity (Wildman–Crippen MR) is 114 cm³/mol. The molecule has 0 aliphatic heterocycles. The van der Waals surface area contributed by atoms with Crippen molar-refractivity contribution in [1.82, 2.24) is 4.98 Å². The summed E-state index contributed by atoms with van der Waals surface area (Å²) in [4.78, 5) is 15.5. The predicted octanol–water partition coefficient (Wildman–Crippen LogP) is 4.59. The number of nitrogens with zero attached hydrogens (tertiary/aromatic N) is 2. The Hall–Kier alpha value is -2.93. The Labute approximate surface area is 169 Å². The third kappa shape index (κ3) is 5.29. The van der Waals surface area contributed by atoms with E-state index in [0.29, 0.717) is 24.7 Å². The summed E-state index contributed by atoms with van der Waals surface area (Å²) in [6.45, 7) is 1.24. The first-order valence-electron chi connectivity index (χ1n) is 9.13. The highest BCUT2D eigenvalue weighted by Gasteiger charge is 2.08. The molecule has 3 rings (SSSR count). The zero-order valence-electron chi connectivity index (χ0n) is 15.5. The SMILES string of the molecule is NC(=O)N(S)c1cccc(OCCCCCOc2cccc3ncccc23)c1. The van der Waals surface area contributed by atoms with Gasteiger partial charge in [-0.15, -0.1) is 0 Å². The average Bonchev–Trinajstić information content (AvgIpc) is 2.72. The van der Waals surface area contributed by atoms with E-state index in [4.69, 9.17) is 15.2 Å². The average molecular weight is 398 g/mol. The van der Waals surface area contributed by atoms with Crippen molar-refractivity contribution >= 4 is 35.4 Å². The van der Waals surface area contributed by atoms with E-state index in [0.717, 1.165) is 40.2 Å². The van der Waals surface area contributed by atoms with Gasteiger partial charge in [0.25, 0.3) is 0 Å². The monoisotopic (exact) mass is 397 g/mol. The van der Waals surface area contributed by atoms with Crippen LogP contribution in [-0.4, -0.2) is 24.2 Å². The van der Waals surface area contributed by atoms with E-state index in [-0.39, 0.29) is 0 Å². The molecule has 0 saturated carbocycles. The van der Waals surface area contributed by atoms with Crippen LogP contribution in [0.1, 0.15) is 19.3 Å². The number of rotatable bonds is 9. The number of aromatic nitrogens is 1. The van der Waals surface area contributed by atoms with Crippen LogP contribution in [0.25, 0.3) is 10.9 Å². The fourth-order valence-corrected chi connectivity index (χ4v) is 2.91. The van der Waals surface area contributed by atoms with Crippen LogP contribution < -0.4 is 19.5 Å². The topological polar surface area (TPSA) is 77.7 Å². The summed E-state index contributed by atoms with van der Waals surface area (Å²) < 4.78 is 12.7. The van der Waals surface area contributed by atoms with Crippen molar-refractivity contribution < 1.29 is 14.3 Å². The van der Waals surface area contributed by atoms with E-state index < -0.39 is 6.03 Å². The van der Waals surface area contributed by atoms with Crippen LogP contribution in [0.5, 0.6) is 11.5 Å². The summed E-state index contributed by atoms with van der Waals surface area (Å²) in [7, 11) is 0. The minimum Gasteiger partial charge on any atom is -0.494 e. The summed E-state index contributed by atoms with van der Waals surface area (Å²) in [6, 6.07) is 16.3. The van der Waals surface area contributed by atoms with Crippen LogP contribution in [0.15, 0.2) is 60.8 Å². The van der Waals surface area contributed by atoms with Gasteiger partial charge in [0.2, 0.25) is 0 Å². The van der Waals surface area contributed by atoms with Crippen molar-refractivity contribution in [1.29, 1.82) is 0 Å².